The Bertz CT molecular complexity index is 527. The lowest BCUT2D eigenvalue weighted by atomic mass is 10.1. The minimum Gasteiger partial charge on any atom is -0.496 e. The van der Waals surface area contributed by atoms with Gasteiger partial charge in [-0.15, -0.1) is 10.2 Å². The maximum atomic E-state index is 12.0. The van der Waals surface area contributed by atoms with Crippen LogP contribution in [0.15, 0.2) is 23.7 Å². The van der Waals surface area contributed by atoms with Crippen molar-refractivity contribution in [3.05, 3.63) is 29.3 Å². The van der Waals surface area contributed by atoms with E-state index in [1.807, 2.05) is 0 Å². The minimum atomic E-state index is -0.364. The second-order valence-corrected chi connectivity index (χ2v) is 3.96. The van der Waals surface area contributed by atoms with Gasteiger partial charge >= 0.3 is 0 Å². The van der Waals surface area contributed by atoms with Crippen molar-refractivity contribution < 1.29 is 9.53 Å². The van der Waals surface area contributed by atoms with Crippen LogP contribution in [0.5, 0.6) is 5.75 Å². The molecule has 0 saturated carbocycles. The molecule has 0 radical (unpaired) electrons. The van der Waals surface area contributed by atoms with Gasteiger partial charge in [-0.25, -0.2) is 0 Å². The monoisotopic (exact) mass is 250 g/mol. The van der Waals surface area contributed by atoms with Crippen LogP contribution in [0.1, 0.15) is 10.4 Å². The minimum absolute atomic E-state index is 0.296. The molecule has 1 heterocycles. The van der Waals surface area contributed by atoms with E-state index in [2.05, 4.69) is 15.5 Å². The summed E-state index contributed by atoms with van der Waals surface area (Å²) >= 11 is 1.23. The van der Waals surface area contributed by atoms with Crippen LogP contribution in [0.25, 0.3) is 0 Å². The normalized spacial score (nSPS) is 9.94. The van der Waals surface area contributed by atoms with E-state index in [4.69, 9.17) is 10.5 Å². The highest BCUT2D eigenvalue weighted by Crippen LogP contribution is 2.25. The molecule has 7 heteroatoms. The van der Waals surface area contributed by atoms with Crippen molar-refractivity contribution in [3.63, 3.8) is 0 Å². The summed E-state index contributed by atoms with van der Waals surface area (Å²) in [6.07, 6.45) is 0. The maximum Gasteiger partial charge on any atom is 0.263 e. The summed E-state index contributed by atoms with van der Waals surface area (Å²) in [5, 5.41) is 10.4. The summed E-state index contributed by atoms with van der Waals surface area (Å²) in [6, 6.07) is 5.03. The zero-order chi connectivity index (χ0) is 12.3. The second kappa shape index (κ2) is 4.79. The molecule has 2 aromatic rings. The largest absolute Gasteiger partial charge is 0.496 e. The number of hydrogen-bond donors (Lipinski definition) is 2. The van der Waals surface area contributed by atoms with Crippen LogP contribution in [-0.2, 0) is 0 Å². The zero-order valence-corrected chi connectivity index (χ0v) is 9.82. The van der Waals surface area contributed by atoms with Gasteiger partial charge in [0.1, 0.15) is 16.8 Å². The molecular formula is C10H10N4O2S. The number of amides is 1. The first-order valence-corrected chi connectivity index (χ1v) is 5.60. The second-order valence-electron chi connectivity index (χ2n) is 3.12. The number of anilines is 2. The fourth-order valence-electron chi connectivity index (χ4n) is 1.35. The van der Waals surface area contributed by atoms with E-state index in [1.165, 1.54) is 24.0 Å². The molecule has 1 aromatic heterocycles. The Morgan fingerprint density at radius 3 is 3.00 bits per heavy atom. The van der Waals surface area contributed by atoms with E-state index in [9.17, 15) is 4.79 Å². The summed E-state index contributed by atoms with van der Waals surface area (Å²) in [4.78, 5) is 12.0. The number of rotatable bonds is 3. The number of carbonyl (C=O) groups excluding carboxylic acids is 1. The van der Waals surface area contributed by atoms with Gasteiger partial charge in [-0.3, -0.25) is 10.1 Å². The molecule has 88 valence electrons. The number of aromatic nitrogens is 2. The molecule has 0 spiro atoms. The highest BCUT2D eigenvalue weighted by Gasteiger charge is 2.16. The van der Waals surface area contributed by atoms with Crippen molar-refractivity contribution >= 4 is 28.1 Å². The number of methoxy groups -OCH3 is 1. The predicted octanol–water partition coefficient (Wildman–Crippen LogP) is 1.38. The van der Waals surface area contributed by atoms with Crippen molar-refractivity contribution in [2.75, 3.05) is 18.2 Å². The molecule has 0 aliphatic rings. The lowest BCUT2D eigenvalue weighted by Gasteiger charge is -2.09. The quantitative estimate of drug-likeness (QED) is 0.803. The number of nitrogens with zero attached hydrogens (tertiary/aromatic N) is 2. The lowest BCUT2D eigenvalue weighted by molar-refractivity contribution is 0.102. The molecular weight excluding hydrogens is 240 g/mol. The van der Waals surface area contributed by atoms with Crippen LogP contribution in [0, 0.1) is 0 Å². The first-order chi connectivity index (χ1) is 8.22. The predicted molar refractivity (Wildman–Crippen MR) is 65.3 cm³/mol. The van der Waals surface area contributed by atoms with E-state index < -0.39 is 0 Å². The average Bonchev–Trinajstić information content (AvgIpc) is 2.81. The maximum absolute atomic E-state index is 12.0. The van der Waals surface area contributed by atoms with Gasteiger partial charge in [0.15, 0.2) is 0 Å². The topological polar surface area (TPSA) is 90.1 Å². The van der Waals surface area contributed by atoms with Gasteiger partial charge < -0.3 is 10.5 Å². The van der Waals surface area contributed by atoms with Gasteiger partial charge in [0.05, 0.1) is 7.11 Å². The van der Waals surface area contributed by atoms with Crippen molar-refractivity contribution in [2.24, 2.45) is 0 Å². The summed E-state index contributed by atoms with van der Waals surface area (Å²) in [5.74, 6) is 0.0590. The van der Waals surface area contributed by atoms with Crippen LogP contribution in [-0.4, -0.2) is 23.2 Å². The SMILES string of the molecule is COc1cccc(N)c1C(=O)Nc1nncs1. The molecule has 3 N–H and O–H groups in total. The first kappa shape index (κ1) is 11.3. The fraction of sp³-hybridized carbons (Fsp3) is 0.100. The van der Waals surface area contributed by atoms with Gasteiger partial charge in [-0.1, -0.05) is 17.4 Å². The Labute approximate surface area is 101 Å². The molecule has 2 rings (SSSR count). The van der Waals surface area contributed by atoms with Gasteiger partial charge in [-0.2, -0.15) is 0 Å². The molecule has 0 unspecified atom stereocenters. The summed E-state index contributed by atoms with van der Waals surface area (Å²) < 4.78 is 5.09. The lowest BCUT2D eigenvalue weighted by Crippen LogP contribution is -2.15. The van der Waals surface area contributed by atoms with E-state index in [0.29, 0.717) is 22.1 Å². The van der Waals surface area contributed by atoms with Crippen molar-refractivity contribution in [2.45, 2.75) is 0 Å². The van der Waals surface area contributed by atoms with Crippen LogP contribution < -0.4 is 15.8 Å². The smallest absolute Gasteiger partial charge is 0.263 e. The highest BCUT2D eigenvalue weighted by molar-refractivity contribution is 7.13. The molecule has 0 atom stereocenters. The third kappa shape index (κ3) is 2.34. The highest BCUT2D eigenvalue weighted by atomic mass is 32.1. The molecule has 6 nitrogen and oxygen atoms in total. The standard InChI is InChI=1S/C10H10N4O2S/c1-16-7-4-2-3-6(11)8(7)9(15)13-10-14-12-5-17-10/h2-5H,11H2,1H3,(H,13,14,15). The Hall–Kier alpha value is -2.15. The number of ether oxygens (including phenoxy) is 1. The van der Waals surface area contributed by atoms with Crippen LogP contribution in [0.4, 0.5) is 10.8 Å². The average molecular weight is 250 g/mol. The third-order valence-corrected chi connectivity index (χ3v) is 2.69. The van der Waals surface area contributed by atoms with Gasteiger partial charge in [-0.05, 0) is 12.1 Å². The number of benzene rings is 1. The van der Waals surface area contributed by atoms with Gasteiger partial charge in [0.25, 0.3) is 5.91 Å². The van der Waals surface area contributed by atoms with E-state index in [1.54, 1.807) is 18.2 Å². The molecule has 0 aliphatic heterocycles. The van der Waals surface area contributed by atoms with Crippen molar-refractivity contribution in [3.8, 4) is 5.75 Å². The summed E-state index contributed by atoms with van der Waals surface area (Å²) in [6.45, 7) is 0. The number of carbonyl (C=O) groups is 1. The molecule has 0 saturated heterocycles. The Balaban J connectivity index is 2.30. The van der Waals surface area contributed by atoms with E-state index >= 15 is 0 Å². The summed E-state index contributed by atoms with van der Waals surface area (Å²) in [5.41, 5.74) is 7.93. The van der Waals surface area contributed by atoms with Crippen LogP contribution >= 0.6 is 11.3 Å². The Morgan fingerprint density at radius 1 is 1.53 bits per heavy atom. The van der Waals surface area contributed by atoms with Crippen molar-refractivity contribution in [1.82, 2.24) is 10.2 Å². The van der Waals surface area contributed by atoms with Crippen LogP contribution in [0.2, 0.25) is 0 Å². The number of nitrogens with two attached hydrogens (primary N) is 1. The van der Waals surface area contributed by atoms with Crippen LogP contribution in [0.3, 0.4) is 0 Å². The fourth-order valence-corrected chi connectivity index (χ4v) is 1.79. The van der Waals surface area contributed by atoms with E-state index in [0.717, 1.165) is 0 Å². The zero-order valence-electron chi connectivity index (χ0n) is 9.01. The summed E-state index contributed by atoms with van der Waals surface area (Å²) in [7, 11) is 1.48. The molecule has 0 fully saturated rings. The Morgan fingerprint density at radius 2 is 2.35 bits per heavy atom. The number of nitrogen functional groups attached to an aromatic ring is 1. The third-order valence-electron chi connectivity index (χ3n) is 2.09. The molecule has 0 aliphatic carbocycles. The van der Waals surface area contributed by atoms with Gasteiger partial charge in [0, 0.05) is 5.69 Å². The van der Waals surface area contributed by atoms with E-state index in [-0.39, 0.29) is 5.91 Å². The first-order valence-electron chi connectivity index (χ1n) is 4.72. The molecule has 1 aromatic carbocycles. The molecule has 17 heavy (non-hydrogen) atoms. The molecule has 0 bridgehead atoms. The molecule has 1 amide bonds. The number of hydrogen-bond acceptors (Lipinski definition) is 6. The number of nitrogens with one attached hydrogen (secondary N) is 1. The Kier molecular flexibility index (Phi) is 3.20. The van der Waals surface area contributed by atoms with Gasteiger partial charge in [0.2, 0.25) is 5.13 Å². The van der Waals surface area contributed by atoms with Crippen molar-refractivity contribution in [1.29, 1.82) is 0 Å².